The Morgan fingerprint density at radius 3 is 2.78 bits per heavy atom. The summed E-state index contributed by atoms with van der Waals surface area (Å²) in [6.07, 6.45) is 2.56. The van der Waals surface area contributed by atoms with Gasteiger partial charge >= 0.3 is 0 Å². The fraction of sp³-hybridized carbons (Fsp3) is 0.474. The summed E-state index contributed by atoms with van der Waals surface area (Å²) in [6, 6.07) is 6.37. The molecule has 3 rings (SSSR count). The molecule has 0 bridgehead atoms. The summed E-state index contributed by atoms with van der Waals surface area (Å²) in [5.41, 5.74) is 4.99. The normalized spacial score (nSPS) is 30.6. The average Bonchev–Trinajstić information content (AvgIpc) is 2.81. The molecule has 3 atom stereocenters. The zero-order chi connectivity index (χ0) is 16.8. The van der Waals surface area contributed by atoms with E-state index in [1.54, 1.807) is 16.0 Å². The second-order valence-corrected chi connectivity index (χ2v) is 9.03. The lowest BCUT2D eigenvalue weighted by molar-refractivity contribution is 0.163. The van der Waals surface area contributed by atoms with Crippen molar-refractivity contribution in [2.24, 2.45) is 11.3 Å². The third-order valence-electron chi connectivity index (χ3n) is 5.41. The van der Waals surface area contributed by atoms with Crippen LogP contribution in [0.5, 0.6) is 5.75 Å². The van der Waals surface area contributed by atoms with Crippen LogP contribution < -0.4 is 4.74 Å². The summed E-state index contributed by atoms with van der Waals surface area (Å²) >= 11 is 2.38. The van der Waals surface area contributed by atoms with Crippen molar-refractivity contribution in [3.05, 3.63) is 46.4 Å². The zero-order valence-electron chi connectivity index (χ0n) is 13.9. The number of allylic oxidation sites excluding steroid dienone is 3. The van der Waals surface area contributed by atoms with E-state index < -0.39 is 0 Å². The molecule has 1 fully saturated rings. The first-order valence-corrected chi connectivity index (χ1v) is 11.3. The number of benzene rings is 1. The largest absolute Gasteiger partial charge is 0.496 e. The van der Waals surface area contributed by atoms with Crippen molar-refractivity contribution < 1.29 is 9.84 Å². The first-order valence-electron chi connectivity index (χ1n) is 7.93. The third kappa shape index (κ3) is 2.98. The van der Waals surface area contributed by atoms with Gasteiger partial charge in [-0.15, -0.1) is 0 Å². The van der Waals surface area contributed by atoms with Gasteiger partial charge in [-0.1, -0.05) is 28.5 Å². The minimum absolute atomic E-state index is 0.148. The van der Waals surface area contributed by atoms with Gasteiger partial charge in [0.2, 0.25) is 0 Å². The van der Waals surface area contributed by atoms with Gasteiger partial charge in [0, 0.05) is 26.1 Å². The molecule has 1 saturated carbocycles. The van der Waals surface area contributed by atoms with E-state index in [4.69, 9.17) is 4.74 Å². The summed E-state index contributed by atoms with van der Waals surface area (Å²) in [7, 11) is 3.50. The quantitative estimate of drug-likeness (QED) is 0.624. The molecule has 0 saturated heterocycles. The van der Waals surface area contributed by atoms with Crippen molar-refractivity contribution >= 4 is 35.7 Å². The fourth-order valence-electron chi connectivity index (χ4n) is 4.33. The van der Waals surface area contributed by atoms with Crippen LogP contribution in [0.15, 0.2) is 35.3 Å². The van der Waals surface area contributed by atoms with Gasteiger partial charge in [0.1, 0.15) is 5.75 Å². The lowest BCUT2D eigenvalue weighted by atomic mass is 9.67. The first kappa shape index (κ1) is 17.4. The van der Waals surface area contributed by atoms with E-state index in [-0.39, 0.29) is 11.5 Å². The van der Waals surface area contributed by atoms with E-state index >= 15 is 0 Å². The van der Waals surface area contributed by atoms with Crippen LogP contribution in [0.4, 0.5) is 0 Å². The minimum atomic E-state index is -0.195. The molecule has 0 amide bonds. The SMILES string of the molecule is C=C1C(c2ccc(OC)c(C)c2)=C(SI)C[C@@]2(C)C[C@@H](O)C[C@H]12. The van der Waals surface area contributed by atoms with E-state index in [1.165, 1.54) is 21.6 Å². The number of aliphatic hydroxyl groups excluding tert-OH is 1. The Kier molecular flexibility index (Phi) is 4.87. The number of halogens is 1. The summed E-state index contributed by atoms with van der Waals surface area (Å²) in [6.45, 7) is 8.83. The lowest BCUT2D eigenvalue weighted by Gasteiger charge is -2.39. The Hall–Kier alpha value is -0.460. The Labute approximate surface area is 155 Å². The maximum absolute atomic E-state index is 10.2. The number of aryl methyl sites for hydroxylation is 1. The van der Waals surface area contributed by atoms with E-state index in [0.29, 0.717) is 5.92 Å². The molecule has 1 aromatic carbocycles. The molecule has 2 aliphatic rings. The van der Waals surface area contributed by atoms with Gasteiger partial charge in [-0.25, -0.2) is 0 Å². The Bertz CT molecular complexity index is 682. The predicted molar refractivity (Wildman–Crippen MR) is 107 cm³/mol. The average molecular weight is 442 g/mol. The van der Waals surface area contributed by atoms with Crippen LogP contribution in [0, 0.1) is 18.3 Å². The lowest BCUT2D eigenvalue weighted by Crippen LogP contribution is -2.28. The van der Waals surface area contributed by atoms with Crippen molar-refractivity contribution in [3.63, 3.8) is 0 Å². The highest BCUT2D eigenvalue weighted by Crippen LogP contribution is 2.59. The minimum Gasteiger partial charge on any atom is -0.496 e. The van der Waals surface area contributed by atoms with Crippen molar-refractivity contribution in [3.8, 4) is 5.75 Å². The van der Waals surface area contributed by atoms with E-state index in [1.807, 2.05) is 6.07 Å². The number of fused-ring (bicyclic) bond motifs is 1. The molecule has 0 heterocycles. The standard InChI is InChI=1S/C19H23IO2S/c1-11-7-13(5-6-16(11)22-4)18-12(2)15-8-14(21)9-19(15,3)10-17(18)23-20/h5-7,14-15,21H,2,8-10H2,1,3-4H3/t14-,15+,19+/m0/s1. The molecular formula is C19H23IO2S. The highest BCUT2D eigenvalue weighted by molar-refractivity contribution is 14.2. The summed E-state index contributed by atoms with van der Waals surface area (Å²) < 4.78 is 5.39. The van der Waals surface area contributed by atoms with Gasteiger partial charge in [0.05, 0.1) is 13.2 Å². The number of hydrogen-bond donors (Lipinski definition) is 1. The molecule has 0 radical (unpaired) electrons. The van der Waals surface area contributed by atoms with Crippen LogP contribution in [0.1, 0.15) is 37.3 Å². The van der Waals surface area contributed by atoms with E-state index in [0.717, 1.165) is 30.6 Å². The van der Waals surface area contributed by atoms with Gasteiger partial charge in [-0.2, -0.15) is 0 Å². The van der Waals surface area contributed by atoms with Crippen molar-refractivity contribution in [2.45, 2.75) is 39.2 Å². The topological polar surface area (TPSA) is 29.5 Å². The second-order valence-electron chi connectivity index (χ2n) is 7.06. The maximum atomic E-state index is 10.2. The molecule has 0 spiro atoms. The first-order chi connectivity index (χ1) is 10.9. The molecule has 1 aromatic rings. The van der Waals surface area contributed by atoms with Crippen LogP contribution in [-0.4, -0.2) is 18.3 Å². The molecule has 0 aliphatic heterocycles. The summed E-state index contributed by atoms with van der Waals surface area (Å²) in [5.74, 6) is 1.29. The van der Waals surface area contributed by atoms with Gasteiger partial charge in [0.15, 0.2) is 0 Å². The molecule has 23 heavy (non-hydrogen) atoms. The van der Waals surface area contributed by atoms with Crippen LogP contribution in [0.25, 0.3) is 5.57 Å². The third-order valence-corrected chi connectivity index (χ3v) is 7.54. The highest BCUT2D eigenvalue weighted by atomic mass is 127. The maximum Gasteiger partial charge on any atom is 0.121 e. The van der Waals surface area contributed by atoms with Gasteiger partial charge in [-0.05, 0) is 71.9 Å². The molecule has 4 heteroatoms. The molecule has 1 N–H and O–H groups in total. The Morgan fingerprint density at radius 2 is 2.17 bits per heavy atom. The Morgan fingerprint density at radius 1 is 1.43 bits per heavy atom. The number of ether oxygens (including phenoxy) is 1. The number of rotatable bonds is 3. The molecule has 2 nitrogen and oxygen atoms in total. The van der Waals surface area contributed by atoms with Gasteiger partial charge in [-0.3, -0.25) is 0 Å². The molecule has 2 aliphatic carbocycles. The predicted octanol–water partition coefficient (Wildman–Crippen LogP) is 5.54. The van der Waals surface area contributed by atoms with Crippen LogP contribution in [0.3, 0.4) is 0 Å². The number of hydrogen-bond acceptors (Lipinski definition) is 3. The molecule has 124 valence electrons. The highest BCUT2D eigenvalue weighted by Gasteiger charge is 2.48. The molecule has 0 unspecified atom stereocenters. The fourth-order valence-corrected chi connectivity index (χ4v) is 6.17. The van der Waals surface area contributed by atoms with Crippen LogP contribution in [0.2, 0.25) is 0 Å². The Balaban J connectivity index is 2.08. The molecular weight excluding hydrogens is 419 g/mol. The monoisotopic (exact) mass is 442 g/mol. The van der Waals surface area contributed by atoms with Gasteiger partial charge in [0.25, 0.3) is 0 Å². The van der Waals surface area contributed by atoms with Crippen molar-refractivity contribution in [1.82, 2.24) is 0 Å². The van der Waals surface area contributed by atoms with Crippen LogP contribution >= 0.6 is 30.1 Å². The van der Waals surface area contributed by atoms with Crippen molar-refractivity contribution in [1.29, 1.82) is 0 Å². The zero-order valence-corrected chi connectivity index (χ0v) is 16.8. The second kappa shape index (κ2) is 6.45. The molecule has 0 aromatic heterocycles. The summed E-state index contributed by atoms with van der Waals surface area (Å²) in [4.78, 5) is 1.38. The number of methoxy groups -OCH3 is 1. The van der Waals surface area contributed by atoms with E-state index in [9.17, 15) is 5.11 Å². The summed E-state index contributed by atoms with van der Waals surface area (Å²) in [5, 5.41) is 10.2. The van der Waals surface area contributed by atoms with Crippen LogP contribution in [-0.2, 0) is 0 Å². The smallest absolute Gasteiger partial charge is 0.121 e. The van der Waals surface area contributed by atoms with E-state index in [2.05, 4.69) is 53.8 Å². The van der Waals surface area contributed by atoms with Crippen molar-refractivity contribution in [2.75, 3.05) is 7.11 Å². The number of aliphatic hydroxyl groups is 1. The van der Waals surface area contributed by atoms with Gasteiger partial charge < -0.3 is 9.84 Å².